The molecule has 0 fully saturated rings. The second kappa shape index (κ2) is 6.83. The molecule has 0 aliphatic carbocycles. The van der Waals surface area contributed by atoms with Crippen LogP contribution in [0.5, 0.6) is 0 Å². The van der Waals surface area contributed by atoms with E-state index in [0.29, 0.717) is 31.0 Å². The van der Waals surface area contributed by atoms with Gasteiger partial charge in [0.05, 0.1) is 11.5 Å². The Labute approximate surface area is 111 Å². The van der Waals surface area contributed by atoms with E-state index in [1.54, 1.807) is 20.9 Å². The SMILES string of the molecule is CNCCNC(=O)CCn1nc(C)c([N+](=O)[O-])c1C. The predicted octanol–water partition coefficient (Wildman–Crippen LogP) is 0.134. The highest BCUT2D eigenvalue weighted by Gasteiger charge is 2.21. The number of nitrogens with zero attached hydrogens (tertiary/aromatic N) is 3. The molecule has 0 spiro atoms. The van der Waals surface area contributed by atoms with Crippen LogP contribution < -0.4 is 10.6 Å². The standard InChI is InChI=1S/C11H19N5O3/c1-8-11(16(18)19)9(2)15(14-8)7-4-10(17)13-6-5-12-3/h12H,4-7H2,1-3H3,(H,13,17). The summed E-state index contributed by atoms with van der Waals surface area (Å²) in [5, 5.41) is 20.6. The maximum atomic E-state index is 11.5. The number of nitrogens with one attached hydrogen (secondary N) is 2. The van der Waals surface area contributed by atoms with Gasteiger partial charge in [-0.2, -0.15) is 5.10 Å². The molecule has 8 nitrogen and oxygen atoms in total. The van der Waals surface area contributed by atoms with Gasteiger partial charge in [0.25, 0.3) is 0 Å². The number of aryl methyl sites for hydroxylation is 2. The minimum Gasteiger partial charge on any atom is -0.355 e. The number of hydrogen-bond donors (Lipinski definition) is 2. The molecule has 8 heteroatoms. The van der Waals surface area contributed by atoms with Crippen molar-refractivity contribution >= 4 is 11.6 Å². The Morgan fingerprint density at radius 2 is 2.11 bits per heavy atom. The van der Waals surface area contributed by atoms with E-state index in [9.17, 15) is 14.9 Å². The molecule has 2 N–H and O–H groups in total. The number of rotatable bonds is 7. The van der Waals surface area contributed by atoms with E-state index in [1.807, 2.05) is 0 Å². The van der Waals surface area contributed by atoms with Crippen molar-refractivity contribution in [3.05, 3.63) is 21.5 Å². The molecular formula is C11H19N5O3. The van der Waals surface area contributed by atoms with E-state index in [-0.39, 0.29) is 18.0 Å². The van der Waals surface area contributed by atoms with Crippen molar-refractivity contribution in [2.24, 2.45) is 0 Å². The van der Waals surface area contributed by atoms with Crippen molar-refractivity contribution in [3.63, 3.8) is 0 Å². The Balaban J connectivity index is 2.57. The number of likely N-dealkylation sites (N-methyl/N-ethyl adjacent to an activating group) is 1. The molecule has 106 valence electrons. The van der Waals surface area contributed by atoms with Crippen LogP contribution >= 0.6 is 0 Å². The predicted molar refractivity (Wildman–Crippen MR) is 69.9 cm³/mol. The van der Waals surface area contributed by atoms with Gasteiger partial charge >= 0.3 is 5.69 Å². The number of carbonyl (C=O) groups is 1. The molecule has 0 saturated heterocycles. The Bertz CT molecular complexity index is 469. The van der Waals surface area contributed by atoms with Crippen molar-refractivity contribution in [1.82, 2.24) is 20.4 Å². The molecule has 1 aromatic heterocycles. The zero-order valence-electron chi connectivity index (χ0n) is 11.4. The summed E-state index contributed by atoms with van der Waals surface area (Å²) in [7, 11) is 1.81. The highest BCUT2D eigenvalue weighted by Crippen LogP contribution is 2.21. The summed E-state index contributed by atoms with van der Waals surface area (Å²) >= 11 is 0. The fourth-order valence-electron chi connectivity index (χ4n) is 1.79. The average Bonchev–Trinajstić information content (AvgIpc) is 2.62. The fourth-order valence-corrected chi connectivity index (χ4v) is 1.79. The zero-order valence-corrected chi connectivity index (χ0v) is 11.4. The molecule has 0 aliphatic heterocycles. The van der Waals surface area contributed by atoms with Gasteiger partial charge in [0.15, 0.2) is 0 Å². The number of carbonyl (C=O) groups excluding carboxylic acids is 1. The minimum absolute atomic E-state index is 0.0237. The van der Waals surface area contributed by atoms with Crippen LogP contribution in [0.1, 0.15) is 17.8 Å². The first-order chi connectivity index (χ1) is 8.97. The summed E-state index contributed by atoms with van der Waals surface area (Å²) in [6.45, 7) is 4.83. The lowest BCUT2D eigenvalue weighted by Crippen LogP contribution is -2.31. The third-order valence-corrected chi connectivity index (χ3v) is 2.77. The maximum Gasteiger partial charge on any atom is 0.312 e. The van der Waals surface area contributed by atoms with E-state index in [2.05, 4.69) is 15.7 Å². The third kappa shape index (κ3) is 4.02. The van der Waals surface area contributed by atoms with Gasteiger partial charge in [-0.05, 0) is 20.9 Å². The molecule has 1 rings (SSSR count). The molecule has 0 unspecified atom stereocenters. The molecule has 0 radical (unpaired) electrons. The molecule has 19 heavy (non-hydrogen) atoms. The van der Waals surface area contributed by atoms with Crippen molar-refractivity contribution in [3.8, 4) is 0 Å². The largest absolute Gasteiger partial charge is 0.355 e. The number of nitro groups is 1. The van der Waals surface area contributed by atoms with Crippen molar-refractivity contribution in [2.75, 3.05) is 20.1 Å². The van der Waals surface area contributed by atoms with E-state index >= 15 is 0 Å². The smallest absolute Gasteiger partial charge is 0.312 e. The van der Waals surface area contributed by atoms with Crippen LogP contribution in [-0.4, -0.2) is 40.7 Å². The average molecular weight is 269 g/mol. The molecular weight excluding hydrogens is 250 g/mol. The summed E-state index contributed by atoms with van der Waals surface area (Å²) in [5.41, 5.74) is 0.874. The van der Waals surface area contributed by atoms with E-state index < -0.39 is 4.92 Å². The minimum atomic E-state index is -0.443. The maximum absolute atomic E-state index is 11.5. The molecule has 0 saturated carbocycles. The Morgan fingerprint density at radius 3 is 2.63 bits per heavy atom. The highest BCUT2D eigenvalue weighted by atomic mass is 16.6. The van der Waals surface area contributed by atoms with Gasteiger partial charge in [0.1, 0.15) is 11.4 Å². The fraction of sp³-hybridized carbons (Fsp3) is 0.636. The Morgan fingerprint density at radius 1 is 1.42 bits per heavy atom. The molecule has 1 aromatic rings. The highest BCUT2D eigenvalue weighted by molar-refractivity contribution is 5.75. The summed E-state index contributed by atoms with van der Waals surface area (Å²) in [6.07, 6.45) is 0.253. The van der Waals surface area contributed by atoms with Gasteiger partial charge in [-0.25, -0.2) is 0 Å². The van der Waals surface area contributed by atoms with E-state index in [1.165, 1.54) is 4.68 Å². The van der Waals surface area contributed by atoms with Crippen molar-refractivity contribution in [1.29, 1.82) is 0 Å². The molecule has 0 atom stereocenters. The van der Waals surface area contributed by atoms with Gasteiger partial charge < -0.3 is 10.6 Å². The van der Waals surface area contributed by atoms with E-state index in [4.69, 9.17) is 0 Å². The van der Waals surface area contributed by atoms with Crippen LogP contribution in [0.4, 0.5) is 5.69 Å². The van der Waals surface area contributed by atoms with Crippen LogP contribution in [0.2, 0.25) is 0 Å². The topological polar surface area (TPSA) is 102 Å². The first-order valence-electron chi connectivity index (χ1n) is 6.07. The Hall–Kier alpha value is -1.96. The van der Waals surface area contributed by atoms with Crippen LogP contribution in [0.3, 0.4) is 0 Å². The monoisotopic (exact) mass is 269 g/mol. The summed E-state index contributed by atoms with van der Waals surface area (Å²) in [4.78, 5) is 21.9. The molecule has 1 heterocycles. The third-order valence-electron chi connectivity index (χ3n) is 2.77. The molecule has 1 amide bonds. The molecule has 0 aromatic carbocycles. The number of aromatic nitrogens is 2. The molecule has 0 aliphatic rings. The summed E-state index contributed by atoms with van der Waals surface area (Å²) in [5.74, 6) is -0.0922. The van der Waals surface area contributed by atoms with Crippen molar-refractivity contribution < 1.29 is 9.72 Å². The van der Waals surface area contributed by atoms with Gasteiger partial charge in [0.2, 0.25) is 5.91 Å². The van der Waals surface area contributed by atoms with Gasteiger partial charge in [0, 0.05) is 19.5 Å². The zero-order chi connectivity index (χ0) is 14.4. The van der Waals surface area contributed by atoms with Crippen LogP contribution in [-0.2, 0) is 11.3 Å². The number of amides is 1. The first-order valence-corrected chi connectivity index (χ1v) is 6.07. The van der Waals surface area contributed by atoms with Gasteiger partial charge in [-0.1, -0.05) is 0 Å². The van der Waals surface area contributed by atoms with Gasteiger partial charge in [-0.3, -0.25) is 19.6 Å². The number of hydrogen-bond acceptors (Lipinski definition) is 5. The lowest BCUT2D eigenvalue weighted by Gasteiger charge is -2.05. The van der Waals surface area contributed by atoms with Crippen LogP contribution in [0, 0.1) is 24.0 Å². The first kappa shape index (κ1) is 15.1. The van der Waals surface area contributed by atoms with E-state index in [0.717, 1.165) is 0 Å². The van der Waals surface area contributed by atoms with Crippen molar-refractivity contribution in [2.45, 2.75) is 26.8 Å². The quantitative estimate of drug-likeness (QED) is 0.416. The normalized spacial score (nSPS) is 10.5. The van der Waals surface area contributed by atoms with Crippen LogP contribution in [0.15, 0.2) is 0 Å². The Kier molecular flexibility index (Phi) is 5.43. The van der Waals surface area contributed by atoms with Crippen LogP contribution in [0.25, 0.3) is 0 Å². The summed E-state index contributed by atoms with van der Waals surface area (Å²) < 4.78 is 1.51. The van der Waals surface area contributed by atoms with Gasteiger partial charge in [-0.15, -0.1) is 0 Å². The lowest BCUT2D eigenvalue weighted by molar-refractivity contribution is -0.386. The second-order valence-corrected chi connectivity index (χ2v) is 4.20. The second-order valence-electron chi connectivity index (χ2n) is 4.20. The molecule has 0 bridgehead atoms. The lowest BCUT2D eigenvalue weighted by atomic mass is 10.3. The summed E-state index contributed by atoms with van der Waals surface area (Å²) in [6, 6.07) is 0.